The molecule has 2 aromatic rings. The van der Waals surface area contributed by atoms with Gasteiger partial charge in [-0.05, 0) is 18.6 Å². The van der Waals surface area contributed by atoms with Gasteiger partial charge in [0.25, 0.3) is 5.91 Å². The molecule has 2 heterocycles. The Morgan fingerprint density at radius 3 is 2.95 bits per heavy atom. The second kappa shape index (κ2) is 6.47. The second-order valence-electron chi connectivity index (χ2n) is 5.30. The van der Waals surface area contributed by atoms with E-state index in [0.29, 0.717) is 18.8 Å². The van der Waals surface area contributed by atoms with Crippen LogP contribution < -0.4 is 10.6 Å². The first kappa shape index (κ1) is 15.8. The molecule has 0 radical (unpaired) electrons. The molecule has 1 amide bonds. The number of para-hydroxylation sites is 1. The third kappa shape index (κ3) is 3.20. The maximum absolute atomic E-state index is 12.1. The topological polar surface area (TPSA) is 74.5 Å². The Balaban J connectivity index is 0.00000161. The lowest BCUT2D eigenvalue weighted by Gasteiger charge is -2.13. The van der Waals surface area contributed by atoms with Crippen LogP contribution in [0.5, 0.6) is 0 Å². The van der Waals surface area contributed by atoms with Gasteiger partial charge in [0.1, 0.15) is 5.58 Å². The molecule has 0 spiro atoms. The van der Waals surface area contributed by atoms with Crippen LogP contribution in [0, 0.1) is 12.8 Å². The van der Waals surface area contributed by atoms with Crippen LogP contribution in [-0.2, 0) is 0 Å². The zero-order chi connectivity index (χ0) is 14.1. The van der Waals surface area contributed by atoms with Gasteiger partial charge in [-0.25, -0.2) is 0 Å². The molecule has 0 saturated carbocycles. The number of rotatable bonds is 3. The van der Waals surface area contributed by atoms with Crippen molar-refractivity contribution >= 4 is 29.3 Å². The van der Waals surface area contributed by atoms with Gasteiger partial charge in [0.2, 0.25) is 0 Å². The van der Waals surface area contributed by atoms with Crippen molar-refractivity contribution in [2.24, 2.45) is 5.92 Å². The summed E-state index contributed by atoms with van der Waals surface area (Å²) in [4.78, 5) is 12.1. The average Bonchev–Trinajstić information content (AvgIpc) is 3.03. The standard InChI is InChI=1S/C15H18N2O3.ClH/c1-9-3-2-4-10-5-13(20-14(9)10)15(19)17-7-11-6-16-8-12(11)18;/h2-5,11-12,16,18H,6-8H2,1H3,(H,17,19);1H. The lowest BCUT2D eigenvalue weighted by molar-refractivity contribution is 0.0902. The smallest absolute Gasteiger partial charge is 0.287 e. The number of furan rings is 1. The molecule has 1 aliphatic heterocycles. The second-order valence-corrected chi connectivity index (χ2v) is 5.30. The van der Waals surface area contributed by atoms with Crippen LogP contribution in [0.25, 0.3) is 11.0 Å². The molecule has 0 aliphatic carbocycles. The Hall–Kier alpha value is -1.56. The van der Waals surface area contributed by atoms with Gasteiger partial charge in [-0.3, -0.25) is 4.79 Å². The summed E-state index contributed by atoms with van der Waals surface area (Å²) in [6.45, 7) is 3.71. The summed E-state index contributed by atoms with van der Waals surface area (Å²) in [5.74, 6) is 0.138. The number of amides is 1. The highest BCUT2D eigenvalue weighted by molar-refractivity contribution is 5.96. The van der Waals surface area contributed by atoms with Crippen molar-refractivity contribution in [1.29, 1.82) is 0 Å². The Bertz CT molecular complexity index is 641. The summed E-state index contributed by atoms with van der Waals surface area (Å²) < 4.78 is 5.61. The molecule has 2 unspecified atom stereocenters. The molecule has 6 heteroatoms. The van der Waals surface area contributed by atoms with E-state index in [2.05, 4.69) is 10.6 Å². The molecule has 5 nitrogen and oxygen atoms in total. The van der Waals surface area contributed by atoms with Crippen LogP contribution in [0.3, 0.4) is 0 Å². The number of nitrogens with one attached hydrogen (secondary N) is 2. The molecule has 1 aliphatic rings. The van der Waals surface area contributed by atoms with Crippen LogP contribution in [0.4, 0.5) is 0 Å². The highest BCUT2D eigenvalue weighted by Crippen LogP contribution is 2.22. The Labute approximate surface area is 129 Å². The minimum absolute atomic E-state index is 0. The normalized spacial score (nSPS) is 21.2. The highest BCUT2D eigenvalue weighted by atomic mass is 35.5. The van der Waals surface area contributed by atoms with Gasteiger partial charge in [0.15, 0.2) is 5.76 Å². The van der Waals surface area contributed by atoms with Crippen LogP contribution in [0.15, 0.2) is 28.7 Å². The number of hydrogen-bond donors (Lipinski definition) is 3. The fourth-order valence-electron chi connectivity index (χ4n) is 2.56. The first-order valence-corrected chi connectivity index (χ1v) is 6.81. The van der Waals surface area contributed by atoms with Crippen molar-refractivity contribution in [3.8, 4) is 0 Å². The number of halogens is 1. The number of hydrogen-bond acceptors (Lipinski definition) is 4. The summed E-state index contributed by atoms with van der Waals surface area (Å²) in [5, 5.41) is 16.5. The number of carbonyl (C=O) groups excluding carboxylic acids is 1. The van der Waals surface area contributed by atoms with E-state index >= 15 is 0 Å². The molecule has 1 saturated heterocycles. The first-order valence-electron chi connectivity index (χ1n) is 6.81. The van der Waals surface area contributed by atoms with Crippen molar-refractivity contribution < 1.29 is 14.3 Å². The number of fused-ring (bicyclic) bond motifs is 1. The Morgan fingerprint density at radius 2 is 2.29 bits per heavy atom. The number of benzene rings is 1. The van der Waals surface area contributed by atoms with E-state index < -0.39 is 6.10 Å². The third-order valence-corrected chi connectivity index (χ3v) is 3.79. The molecular formula is C15H19ClN2O3. The maximum atomic E-state index is 12.1. The number of aryl methyl sites for hydroxylation is 1. The largest absolute Gasteiger partial charge is 0.451 e. The molecular weight excluding hydrogens is 292 g/mol. The number of aliphatic hydroxyl groups excluding tert-OH is 1. The van der Waals surface area contributed by atoms with Crippen LogP contribution >= 0.6 is 12.4 Å². The van der Waals surface area contributed by atoms with Crippen molar-refractivity contribution in [2.75, 3.05) is 19.6 Å². The summed E-state index contributed by atoms with van der Waals surface area (Å²) >= 11 is 0. The monoisotopic (exact) mass is 310 g/mol. The fourth-order valence-corrected chi connectivity index (χ4v) is 2.56. The molecule has 2 atom stereocenters. The summed E-state index contributed by atoms with van der Waals surface area (Å²) in [6, 6.07) is 7.57. The van der Waals surface area contributed by atoms with Gasteiger partial charge in [-0.2, -0.15) is 0 Å². The predicted molar refractivity (Wildman–Crippen MR) is 82.9 cm³/mol. The van der Waals surface area contributed by atoms with Crippen LogP contribution in [-0.4, -0.2) is 36.8 Å². The maximum Gasteiger partial charge on any atom is 0.287 e. The number of aliphatic hydroxyl groups is 1. The molecule has 3 rings (SSSR count). The van der Waals surface area contributed by atoms with E-state index in [1.807, 2.05) is 25.1 Å². The lowest BCUT2D eigenvalue weighted by atomic mass is 10.1. The fraction of sp³-hybridized carbons (Fsp3) is 0.400. The van der Waals surface area contributed by atoms with E-state index in [1.165, 1.54) is 0 Å². The average molecular weight is 311 g/mol. The van der Waals surface area contributed by atoms with Gasteiger partial charge >= 0.3 is 0 Å². The minimum Gasteiger partial charge on any atom is -0.451 e. The lowest BCUT2D eigenvalue weighted by Crippen LogP contribution is -2.34. The third-order valence-electron chi connectivity index (χ3n) is 3.79. The molecule has 114 valence electrons. The van der Waals surface area contributed by atoms with E-state index in [1.54, 1.807) is 6.07 Å². The van der Waals surface area contributed by atoms with Crippen LogP contribution in [0.2, 0.25) is 0 Å². The summed E-state index contributed by atoms with van der Waals surface area (Å²) in [6.07, 6.45) is -0.395. The molecule has 1 fully saturated rings. The molecule has 0 bridgehead atoms. The Morgan fingerprint density at radius 1 is 1.48 bits per heavy atom. The SMILES string of the molecule is Cc1cccc2cc(C(=O)NCC3CNCC3O)oc12.Cl. The highest BCUT2D eigenvalue weighted by Gasteiger charge is 2.25. The van der Waals surface area contributed by atoms with Gasteiger partial charge < -0.3 is 20.2 Å². The molecule has 1 aromatic carbocycles. The zero-order valence-electron chi connectivity index (χ0n) is 11.8. The minimum atomic E-state index is -0.395. The molecule has 3 N–H and O–H groups in total. The van der Waals surface area contributed by atoms with E-state index in [4.69, 9.17) is 4.42 Å². The first-order chi connectivity index (χ1) is 9.65. The number of β-amino-alcohol motifs (C(OH)–C–C–N with tert-alkyl or cyclic N) is 1. The predicted octanol–water partition coefficient (Wildman–Crippen LogP) is 1.47. The van der Waals surface area contributed by atoms with Crippen molar-refractivity contribution in [3.63, 3.8) is 0 Å². The summed E-state index contributed by atoms with van der Waals surface area (Å²) in [5.41, 5.74) is 1.76. The van der Waals surface area contributed by atoms with Gasteiger partial charge in [-0.1, -0.05) is 18.2 Å². The Kier molecular flexibility index (Phi) is 4.88. The quantitative estimate of drug-likeness (QED) is 0.802. The number of carbonyl (C=O) groups is 1. The van der Waals surface area contributed by atoms with E-state index in [9.17, 15) is 9.90 Å². The van der Waals surface area contributed by atoms with Crippen molar-refractivity contribution in [3.05, 3.63) is 35.6 Å². The van der Waals surface area contributed by atoms with Crippen LogP contribution in [0.1, 0.15) is 16.1 Å². The van der Waals surface area contributed by atoms with E-state index in [-0.39, 0.29) is 24.2 Å². The van der Waals surface area contributed by atoms with Gasteiger partial charge in [0.05, 0.1) is 6.10 Å². The van der Waals surface area contributed by atoms with Crippen molar-refractivity contribution in [2.45, 2.75) is 13.0 Å². The van der Waals surface area contributed by atoms with Gasteiger partial charge in [-0.15, -0.1) is 12.4 Å². The molecule has 21 heavy (non-hydrogen) atoms. The zero-order valence-corrected chi connectivity index (χ0v) is 12.6. The van der Waals surface area contributed by atoms with Gasteiger partial charge in [0, 0.05) is 30.9 Å². The molecule has 1 aromatic heterocycles. The summed E-state index contributed by atoms with van der Waals surface area (Å²) in [7, 11) is 0. The van der Waals surface area contributed by atoms with Crippen molar-refractivity contribution in [1.82, 2.24) is 10.6 Å². The van der Waals surface area contributed by atoms with E-state index in [0.717, 1.165) is 23.1 Å².